The van der Waals surface area contributed by atoms with E-state index >= 15 is 0 Å². The fraction of sp³-hybridized carbons (Fsp3) is 0.278. The van der Waals surface area contributed by atoms with Gasteiger partial charge in [0.15, 0.2) is 0 Å². The summed E-state index contributed by atoms with van der Waals surface area (Å²) in [5.41, 5.74) is 2.87. The third-order valence-electron chi connectivity index (χ3n) is 3.93. The van der Waals surface area contributed by atoms with Gasteiger partial charge in [-0.05, 0) is 36.1 Å². The molecule has 1 amide bonds. The molecule has 108 valence electrons. The number of amides is 1. The van der Waals surface area contributed by atoms with Crippen LogP contribution in [0.5, 0.6) is 5.75 Å². The van der Waals surface area contributed by atoms with Crippen LogP contribution in [0.4, 0.5) is 5.69 Å². The lowest BCUT2D eigenvalue weighted by molar-refractivity contribution is 0.0978. The Morgan fingerprint density at radius 1 is 1.14 bits per heavy atom. The molecule has 3 nitrogen and oxygen atoms in total. The molecule has 3 heteroatoms. The number of hydrogen-bond acceptors (Lipinski definition) is 2. The molecule has 0 saturated heterocycles. The summed E-state index contributed by atoms with van der Waals surface area (Å²) in [5, 5.41) is 0. The highest BCUT2D eigenvalue weighted by Gasteiger charge is 2.28. The first-order valence-electron chi connectivity index (χ1n) is 7.23. The van der Waals surface area contributed by atoms with E-state index in [1.165, 1.54) is 5.56 Å². The number of hydrogen-bond donors (Lipinski definition) is 0. The maximum atomic E-state index is 12.9. The molecule has 0 spiro atoms. The van der Waals surface area contributed by atoms with Crippen LogP contribution in [0.25, 0.3) is 0 Å². The number of rotatable bonds is 2. The number of carbonyl (C=O) groups is 1. The van der Waals surface area contributed by atoms with Gasteiger partial charge in [-0.2, -0.15) is 0 Å². The van der Waals surface area contributed by atoms with Crippen LogP contribution in [0.15, 0.2) is 48.5 Å². The topological polar surface area (TPSA) is 29.5 Å². The third kappa shape index (κ3) is 2.51. The standard InChI is InChI=1S/C18H19NO2/c1-13-11-14-7-3-5-9-16(14)19(12-13)18(20)15-8-4-6-10-17(15)21-2/h3-10,13H,11-12H2,1-2H3. The summed E-state index contributed by atoms with van der Waals surface area (Å²) in [6.45, 7) is 2.92. The molecular weight excluding hydrogens is 262 g/mol. The second-order valence-corrected chi connectivity index (χ2v) is 5.55. The van der Waals surface area contributed by atoms with Crippen molar-refractivity contribution in [3.63, 3.8) is 0 Å². The molecule has 0 aromatic heterocycles. The monoisotopic (exact) mass is 281 g/mol. The molecule has 0 aliphatic carbocycles. The number of methoxy groups -OCH3 is 1. The van der Waals surface area contributed by atoms with E-state index in [2.05, 4.69) is 13.0 Å². The summed E-state index contributed by atoms with van der Waals surface area (Å²) >= 11 is 0. The Kier molecular flexibility index (Phi) is 3.65. The summed E-state index contributed by atoms with van der Waals surface area (Å²) < 4.78 is 5.32. The second-order valence-electron chi connectivity index (χ2n) is 5.55. The molecule has 21 heavy (non-hydrogen) atoms. The Labute approximate surface area is 125 Å². The predicted octanol–water partition coefficient (Wildman–Crippen LogP) is 3.53. The van der Waals surface area contributed by atoms with Crippen molar-refractivity contribution in [3.05, 3.63) is 59.7 Å². The van der Waals surface area contributed by atoms with Gasteiger partial charge in [0.2, 0.25) is 0 Å². The first kappa shape index (κ1) is 13.7. The van der Waals surface area contributed by atoms with Crippen LogP contribution >= 0.6 is 0 Å². The Morgan fingerprint density at radius 2 is 1.86 bits per heavy atom. The molecule has 1 aliphatic heterocycles. The normalized spacial score (nSPS) is 17.2. The van der Waals surface area contributed by atoms with E-state index in [4.69, 9.17) is 4.74 Å². The summed E-state index contributed by atoms with van der Waals surface area (Å²) in [6.07, 6.45) is 1.02. The minimum Gasteiger partial charge on any atom is -0.496 e. The molecule has 0 saturated carbocycles. The van der Waals surface area contributed by atoms with Gasteiger partial charge in [-0.15, -0.1) is 0 Å². The Balaban J connectivity index is 2.02. The second kappa shape index (κ2) is 5.60. The van der Waals surface area contributed by atoms with Gasteiger partial charge in [0.1, 0.15) is 5.75 Å². The fourth-order valence-corrected chi connectivity index (χ4v) is 2.96. The number of anilines is 1. The van der Waals surface area contributed by atoms with Crippen molar-refractivity contribution in [3.8, 4) is 5.75 Å². The SMILES string of the molecule is COc1ccccc1C(=O)N1CC(C)Cc2ccccc21. The zero-order valence-corrected chi connectivity index (χ0v) is 12.4. The number of benzene rings is 2. The highest BCUT2D eigenvalue weighted by Crippen LogP contribution is 2.32. The van der Waals surface area contributed by atoms with Gasteiger partial charge >= 0.3 is 0 Å². The van der Waals surface area contributed by atoms with Crippen LogP contribution in [0, 0.1) is 5.92 Å². The minimum absolute atomic E-state index is 0.00597. The lowest BCUT2D eigenvalue weighted by Gasteiger charge is -2.33. The molecule has 2 aromatic carbocycles. The lowest BCUT2D eigenvalue weighted by Crippen LogP contribution is -2.39. The fourth-order valence-electron chi connectivity index (χ4n) is 2.96. The minimum atomic E-state index is 0.00597. The van der Waals surface area contributed by atoms with Gasteiger partial charge in [0, 0.05) is 12.2 Å². The van der Waals surface area contributed by atoms with Crippen molar-refractivity contribution in [1.82, 2.24) is 0 Å². The van der Waals surface area contributed by atoms with Crippen molar-refractivity contribution < 1.29 is 9.53 Å². The first-order valence-corrected chi connectivity index (χ1v) is 7.23. The van der Waals surface area contributed by atoms with E-state index in [-0.39, 0.29) is 5.91 Å². The average Bonchev–Trinajstić information content (AvgIpc) is 2.53. The predicted molar refractivity (Wildman–Crippen MR) is 84.0 cm³/mol. The molecule has 2 aromatic rings. The third-order valence-corrected chi connectivity index (χ3v) is 3.93. The highest BCUT2D eigenvalue weighted by molar-refractivity contribution is 6.08. The molecule has 1 atom stereocenters. The van der Waals surface area contributed by atoms with Crippen LogP contribution in [-0.2, 0) is 6.42 Å². The van der Waals surface area contributed by atoms with Gasteiger partial charge in [0.25, 0.3) is 5.91 Å². The molecular formula is C18H19NO2. The maximum absolute atomic E-state index is 12.9. The zero-order chi connectivity index (χ0) is 14.8. The van der Waals surface area contributed by atoms with Crippen molar-refractivity contribution in [2.24, 2.45) is 5.92 Å². The van der Waals surface area contributed by atoms with Crippen molar-refractivity contribution >= 4 is 11.6 Å². The molecule has 1 heterocycles. The molecule has 0 fully saturated rings. The van der Waals surface area contributed by atoms with E-state index in [0.717, 1.165) is 18.7 Å². The molecule has 3 rings (SSSR count). The van der Waals surface area contributed by atoms with Gasteiger partial charge in [-0.1, -0.05) is 37.3 Å². The molecule has 1 aliphatic rings. The van der Waals surface area contributed by atoms with Gasteiger partial charge in [0.05, 0.1) is 12.7 Å². The smallest absolute Gasteiger partial charge is 0.262 e. The largest absolute Gasteiger partial charge is 0.496 e. The summed E-state index contributed by atoms with van der Waals surface area (Å²) in [4.78, 5) is 14.8. The van der Waals surface area contributed by atoms with Crippen molar-refractivity contribution in [2.75, 3.05) is 18.6 Å². The number of fused-ring (bicyclic) bond motifs is 1. The van der Waals surface area contributed by atoms with E-state index in [0.29, 0.717) is 17.2 Å². The number of nitrogens with zero attached hydrogens (tertiary/aromatic N) is 1. The van der Waals surface area contributed by atoms with Crippen LogP contribution in [0.2, 0.25) is 0 Å². The first-order chi connectivity index (χ1) is 10.2. The quantitative estimate of drug-likeness (QED) is 0.842. The van der Waals surface area contributed by atoms with Gasteiger partial charge in [-0.25, -0.2) is 0 Å². The van der Waals surface area contributed by atoms with Gasteiger partial charge in [-0.3, -0.25) is 4.79 Å². The van der Waals surface area contributed by atoms with E-state index in [1.807, 2.05) is 47.4 Å². The Morgan fingerprint density at radius 3 is 2.67 bits per heavy atom. The molecule has 0 bridgehead atoms. The molecule has 0 radical (unpaired) electrons. The maximum Gasteiger partial charge on any atom is 0.262 e. The van der Waals surface area contributed by atoms with E-state index < -0.39 is 0 Å². The number of ether oxygens (including phenoxy) is 1. The Bertz CT molecular complexity index is 666. The van der Waals surface area contributed by atoms with E-state index in [1.54, 1.807) is 7.11 Å². The van der Waals surface area contributed by atoms with Gasteiger partial charge < -0.3 is 9.64 Å². The average molecular weight is 281 g/mol. The van der Waals surface area contributed by atoms with Crippen LogP contribution in [0.1, 0.15) is 22.8 Å². The van der Waals surface area contributed by atoms with Crippen molar-refractivity contribution in [1.29, 1.82) is 0 Å². The molecule has 1 unspecified atom stereocenters. The number of para-hydroxylation sites is 2. The highest BCUT2D eigenvalue weighted by atomic mass is 16.5. The van der Waals surface area contributed by atoms with Crippen LogP contribution < -0.4 is 9.64 Å². The summed E-state index contributed by atoms with van der Waals surface area (Å²) in [6, 6.07) is 15.5. The van der Waals surface area contributed by atoms with E-state index in [9.17, 15) is 4.79 Å². The summed E-state index contributed by atoms with van der Waals surface area (Å²) in [5.74, 6) is 1.09. The van der Waals surface area contributed by atoms with Crippen LogP contribution in [0.3, 0.4) is 0 Å². The Hall–Kier alpha value is -2.29. The lowest BCUT2D eigenvalue weighted by atomic mass is 9.93. The zero-order valence-electron chi connectivity index (χ0n) is 12.4. The molecule has 0 N–H and O–H groups in total. The number of carbonyl (C=O) groups excluding carboxylic acids is 1. The van der Waals surface area contributed by atoms with Crippen LogP contribution in [-0.4, -0.2) is 19.6 Å². The summed E-state index contributed by atoms with van der Waals surface area (Å²) in [7, 11) is 1.60. The van der Waals surface area contributed by atoms with Crippen molar-refractivity contribution in [2.45, 2.75) is 13.3 Å².